The van der Waals surface area contributed by atoms with Gasteiger partial charge >= 0.3 is 0 Å². The molecule has 0 saturated carbocycles. The standard InChI is InChI=1S/C10H13NO2S.ClH/c1-14(12,13)9-4-2-8(3-5-9)10-6-7-11-10;/h2-5,10-11H,6-7H2,1H3;1H/t10-;/m0./s1. The van der Waals surface area contributed by atoms with Crippen LogP contribution in [0.1, 0.15) is 18.0 Å². The van der Waals surface area contributed by atoms with E-state index < -0.39 is 9.84 Å². The van der Waals surface area contributed by atoms with Crippen LogP contribution in [0, 0.1) is 0 Å². The van der Waals surface area contributed by atoms with Gasteiger partial charge in [-0.1, -0.05) is 12.1 Å². The lowest BCUT2D eigenvalue weighted by Crippen LogP contribution is -2.34. The van der Waals surface area contributed by atoms with Gasteiger partial charge in [-0.25, -0.2) is 8.42 Å². The Morgan fingerprint density at radius 2 is 1.80 bits per heavy atom. The van der Waals surface area contributed by atoms with Gasteiger partial charge in [0.25, 0.3) is 0 Å². The van der Waals surface area contributed by atoms with Crippen LogP contribution in [0.5, 0.6) is 0 Å². The summed E-state index contributed by atoms with van der Waals surface area (Å²) in [6, 6.07) is 7.53. The Bertz CT molecular complexity index is 423. The topological polar surface area (TPSA) is 46.2 Å². The molecule has 84 valence electrons. The number of hydrogen-bond acceptors (Lipinski definition) is 3. The van der Waals surface area contributed by atoms with Gasteiger partial charge in [0.1, 0.15) is 0 Å². The molecule has 0 aromatic heterocycles. The van der Waals surface area contributed by atoms with E-state index in [1.807, 2.05) is 12.1 Å². The minimum Gasteiger partial charge on any atom is -0.310 e. The summed E-state index contributed by atoms with van der Waals surface area (Å²) in [6.07, 6.45) is 2.36. The largest absolute Gasteiger partial charge is 0.310 e. The van der Waals surface area contributed by atoms with Crippen molar-refractivity contribution in [3.63, 3.8) is 0 Å². The normalized spacial score (nSPS) is 20.2. The molecule has 5 heteroatoms. The zero-order valence-corrected chi connectivity index (χ0v) is 10.1. The van der Waals surface area contributed by atoms with Crippen LogP contribution < -0.4 is 5.32 Å². The lowest BCUT2D eigenvalue weighted by molar-refractivity contribution is 0.383. The molecule has 0 aliphatic carbocycles. The molecule has 1 N–H and O–H groups in total. The van der Waals surface area contributed by atoms with Gasteiger partial charge < -0.3 is 5.32 Å². The molecule has 1 aromatic rings. The molecule has 1 aliphatic rings. The van der Waals surface area contributed by atoms with Gasteiger partial charge in [0, 0.05) is 12.3 Å². The van der Waals surface area contributed by atoms with Crippen LogP contribution in [0.25, 0.3) is 0 Å². The molecule has 0 amide bonds. The molecular formula is C10H14ClNO2S. The van der Waals surface area contributed by atoms with Crippen LogP contribution >= 0.6 is 12.4 Å². The summed E-state index contributed by atoms with van der Waals surface area (Å²) < 4.78 is 22.4. The fourth-order valence-corrected chi connectivity index (χ4v) is 2.15. The van der Waals surface area contributed by atoms with E-state index in [0.717, 1.165) is 13.0 Å². The maximum absolute atomic E-state index is 11.2. The van der Waals surface area contributed by atoms with E-state index in [0.29, 0.717) is 10.9 Å². The maximum Gasteiger partial charge on any atom is 0.175 e. The lowest BCUT2D eigenvalue weighted by atomic mass is 9.98. The monoisotopic (exact) mass is 247 g/mol. The maximum atomic E-state index is 11.2. The first-order chi connectivity index (χ1) is 6.57. The third-order valence-electron chi connectivity index (χ3n) is 2.53. The average molecular weight is 248 g/mol. The Balaban J connectivity index is 0.00000112. The molecule has 1 aliphatic heterocycles. The Hall–Kier alpha value is -0.580. The molecule has 1 saturated heterocycles. The van der Waals surface area contributed by atoms with Gasteiger partial charge in [0.2, 0.25) is 0 Å². The van der Waals surface area contributed by atoms with Crippen molar-refractivity contribution < 1.29 is 8.42 Å². The molecule has 3 nitrogen and oxygen atoms in total. The molecular weight excluding hydrogens is 234 g/mol. The zero-order valence-electron chi connectivity index (χ0n) is 8.43. The van der Waals surface area contributed by atoms with Gasteiger partial charge in [-0.3, -0.25) is 0 Å². The van der Waals surface area contributed by atoms with Crippen molar-refractivity contribution in [1.82, 2.24) is 5.32 Å². The van der Waals surface area contributed by atoms with Gasteiger partial charge in [0.05, 0.1) is 4.90 Å². The zero-order chi connectivity index (χ0) is 10.2. The van der Waals surface area contributed by atoms with Crippen molar-refractivity contribution in [2.75, 3.05) is 12.8 Å². The molecule has 0 bridgehead atoms. The second-order valence-electron chi connectivity index (χ2n) is 3.64. The second-order valence-corrected chi connectivity index (χ2v) is 5.65. The van der Waals surface area contributed by atoms with Crippen LogP contribution in [0.4, 0.5) is 0 Å². The van der Waals surface area contributed by atoms with Gasteiger partial charge in [0.15, 0.2) is 9.84 Å². The molecule has 0 radical (unpaired) electrons. The van der Waals surface area contributed by atoms with E-state index in [4.69, 9.17) is 0 Å². The SMILES string of the molecule is CS(=O)(=O)c1ccc([C@@H]2CCN2)cc1.Cl. The highest BCUT2D eigenvalue weighted by Crippen LogP contribution is 2.23. The summed E-state index contributed by atoms with van der Waals surface area (Å²) in [7, 11) is -3.05. The summed E-state index contributed by atoms with van der Waals surface area (Å²) in [5, 5.41) is 3.27. The van der Waals surface area contributed by atoms with E-state index in [-0.39, 0.29) is 12.4 Å². The van der Waals surface area contributed by atoms with Crippen LogP contribution in [0.15, 0.2) is 29.2 Å². The summed E-state index contributed by atoms with van der Waals surface area (Å²) >= 11 is 0. The molecule has 1 heterocycles. The third kappa shape index (κ3) is 2.71. The number of hydrogen-bond donors (Lipinski definition) is 1. The molecule has 0 unspecified atom stereocenters. The molecule has 1 atom stereocenters. The van der Waals surface area contributed by atoms with Crippen LogP contribution in [-0.2, 0) is 9.84 Å². The number of rotatable bonds is 2. The summed E-state index contributed by atoms with van der Waals surface area (Å²) in [5.41, 5.74) is 1.17. The Labute approximate surface area is 96.2 Å². The van der Waals surface area contributed by atoms with Crippen LogP contribution in [0.3, 0.4) is 0 Å². The molecule has 2 rings (SSSR count). The first kappa shape index (κ1) is 12.5. The number of halogens is 1. The van der Waals surface area contributed by atoms with Crippen molar-refractivity contribution >= 4 is 22.2 Å². The number of benzene rings is 1. The van der Waals surface area contributed by atoms with E-state index in [9.17, 15) is 8.42 Å². The first-order valence-corrected chi connectivity index (χ1v) is 6.50. The fourth-order valence-electron chi connectivity index (χ4n) is 1.52. The third-order valence-corrected chi connectivity index (χ3v) is 3.66. The fraction of sp³-hybridized carbons (Fsp3) is 0.400. The lowest BCUT2D eigenvalue weighted by Gasteiger charge is -2.28. The quantitative estimate of drug-likeness (QED) is 0.863. The molecule has 0 spiro atoms. The van der Waals surface area contributed by atoms with Crippen molar-refractivity contribution in [3.8, 4) is 0 Å². The Kier molecular flexibility index (Phi) is 3.76. The molecule has 15 heavy (non-hydrogen) atoms. The highest BCUT2D eigenvalue weighted by molar-refractivity contribution is 7.90. The Morgan fingerprint density at radius 3 is 2.13 bits per heavy atom. The van der Waals surface area contributed by atoms with Crippen molar-refractivity contribution in [2.24, 2.45) is 0 Å². The minimum absolute atomic E-state index is 0. The van der Waals surface area contributed by atoms with Crippen molar-refractivity contribution in [2.45, 2.75) is 17.4 Å². The number of nitrogens with one attached hydrogen (secondary N) is 1. The van der Waals surface area contributed by atoms with E-state index in [2.05, 4.69) is 5.32 Å². The summed E-state index contributed by atoms with van der Waals surface area (Å²) in [5.74, 6) is 0. The van der Waals surface area contributed by atoms with E-state index >= 15 is 0 Å². The summed E-state index contributed by atoms with van der Waals surface area (Å²) in [6.45, 7) is 1.05. The van der Waals surface area contributed by atoms with Gasteiger partial charge in [-0.2, -0.15) is 0 Å². The molecule has 1 fully saturated rings. The summed E-state index contributed by atoms with van der Waals surface area (Å²) in [4.78, 5) is 0.389. The highest BCUT2D eigenvalue weighted by atomic mass is 35.5. The van der Waals surface area contributed by atoms with Crippen LogP contribution in [0.2, 0.25) is 0 Å². The first-order valence-electron chi connectivity index (χ1n) is 4.61. The predicted octanol–water partition coefficient (Wildman–Crippen LogP) is 1.55. The van der Waals surface area contributed by atoms with Crippen molar-refractivity contribution in [1.29, 1.82) is 0 Å². The minimum atomic E-state index is -3.05. The molecule has 1 aromatic carbocycles. The predicted molar refractivity (Wildman–Crippen MR) is 62.2 cm³/mol. The number of sulfone groups is 1. The second kappa shape index (κ2) is 4.51. The smallest absolute Gasteiger partial charge is 0.175 e. The van der Waals surface area contributed by atoms with E-state index in [1.165, 1.54) is 11.8 Å². The average Bonchev–Trinajstić information content (AvgIpc) is 2.00. The highest BCUT2D eigenvalue weighted by Gasteiger charge is 2.18. The Morgan fingerprint density at radius 1 is 1.27 bits per heavy atom. The van der Waals surface area contributed by atoms with Crippen LogP contribution in [-0.4, -0.2) is 21.2 Å². The van der Waals surface area contributed by atoms with Gasteiger partial charge in [-0.15, -0.1) is 12.4 Å². The van der Waals surface area contributed by atoms with Crippen molar-refractivity contribution in [3.05, 3.63) is 29.8 Å². The van der Waals surface area contributed by atoms with E-state index in [1.54, 1.807) is 12.1 Å². The van der Waals surface area contributed by atoms with Gasteiger partial charge in [-0.05, 0) is 30.7 Å².